The van der Waals surface area contributed by atoms with E-state index in [1.54, 1.807) is 20.3 Å². The van der Waals surface area contributed by atoms with Crippen LogP contribution in [0.5, 0.6) is 0 Å². The number of hydrogen-bond acceptors (Lipinski definition) is 3. The van der Waals surface area contributed by atoms with Gasteiger partial charge in [0.2, 0.25) is 0 Å². The maximum absolute atomic E-state index is 9.18. The fraction of sp³-hybridized carbons (Fsp3) is 0.600. The van der Waals surface area contributed by atoms with Crippen LogP contribution in [-0.2, 0) is 9.53 Å². The van der Waals surface area contributed by atoms with Crippen molar-refractivity contribution in [3.63, 3.8) is 0 Å². The highest BCUT2D eigenvalue weighted by molar-refractivity contribution is 5.52. The summed E-state index contributed by atoms with van der Waals surface area (Å²) in [4.78, 5) is 9.18. The van der Waals surface area contributed by atoms with Crippen LogP contribution in [0, 0.1) is 11.3 Å². The van der Waals surface area contributed by atoms with Crippen LogP contribution in [0.15, 0.2) is 0 Å². The van der Waals surface area contributed by atoms with Crippen LogP contribution in [0.4, 0.5) is 0 Å². The van der Waals surface area contributed by atoms with E-state index in [1.165, 1.54) is 0 Å². The normalized spacial score (nSPS) is 5.62. The zero-order valence-electron chi connectivity index (χ0n) is 5.05. The van der Waals surface area contributed by atoms with Crippen LogP contribution in [-0.4, -0.2) is 20.5 Å². The molecule has 0 saturated heterocycles. The van der Waals surface area contributed by atoms with Gasteiger partial charge in [0.1, 0.15) is 6.29 Å². The van der Waals surface area contributed by atoms with Crippen molar-refractivity contribution >= 4 is 6.29 Å². The fourth-order valence-electron chi connectivity index (χ4n) is 0.0373. The Labute approximate surface area is 48.9 Å². The quantitative estimate of drug-likeness (QED) is 0.463. The summed E-state index contributed by atoms with van der Waals surface area (Å²) in [6, 6.07) is 1.65. The minimum atomic E-state index is 0.0139. The number of methoxy groups -OCH3 is 1. The van der Waals surface area contributed by atoms with E-state index in [2.05, 4.69) is 4.74 Å². The summed E-state index contributed by atoms with van der Waals surface area (Å²) < 4.78 is 4.25. The van der Waals surface area contributed by atoms with Gasteiger partial charge >= 0.3 is 0 Å². The first-order chi connectivity index (χ1) is 3.83. The van der Waals surface area contributed by atoms with Gasteiger partial charge in [-0.1, -0.05) is 0 Å². The van der Waals surface area contributed by atoms with Gasteiger partial charge in [0.05, 0.1) is 12.5 Å². The largest absolute Gasteiger partial charge is 0.388 e. The average molecular weight is 115 g/mol. The van der Waals surface area contributed by atoms with E-state index in [4.69, 9.17) is 5.26 Å². The molecule has 0 aliphatic rings. The molecular formula is C5H9NO2. The van der Waals surface area contributed by atoms with Gasteiger partial charge in [-0.2, -0.15) is 5.26 Å². The van der Waals surface area contributed by atoms with Crippen molar-refractivity contribution in [3.8, 4) is 6.07 Å². The number of carbonyl (C=O) groups is 1. The summed E-state index contributed by atoms with van der Waals surface area (Å²) in [7, 11) is 3.25. The molecule has 0 unspecified atom stereocenters. The second kappa shape index (κ2) is 16.5. The maximum Gasteiger partial charge on any atom is 0.134 e. The van der Waals surface area contributed by atoms with Crippen LogP contribution >= 0.6 is 0 Å². The molecule has 0 saturated carbocycles. The fourth-order valence-corrected chi connectivity index (χ4v) is 0.0373. The summed E-state index contributed by atoms with van der Waals surface area (Å²) in [5.41, 5.74) is 0. The Morgan fingerprint density at radius 2 is 2.12 bits per heavy atom. The van der Waals surface area contributed by atoms with Crippen molar-refractivity contribution in [2.45, 2.75) is 6.42 Å². The van der Waals surface area contributed by atoms with Gasteiger partial charge < -0.3 is 9.53 Å². The predicted octanol–water partition coefficient (Wildman–Crippen LogP) is 0.362. The van der Waals surface area contributed by atoms with Crippen molar-refractivity contribution < 1.29 is 9.53 Å². The molecule has 0 spiro atoms. The highest BCUT2D eigenvalue weighted by Gasteiger charge is 1.63. The highest BCUT2D eigenvalue weighted by Crippen LogP contribution is 1.55. The predicted molar refractivity (Wildman–Crippen MR) is 29.2 cm³/mol. The minimum absolute atomic E-state index is 0.0139. The molecule has 3 heteroatoms. The Bertz CT molecular complexity index is 75.0. The Balaban J connectivity index is 0. The molecule has 3 nitrogen and oxygen atoms in total. The van der Waals surface area contributed by atoms with Gasteiger partial charge in [-0.05, 0) is 0 Å². The molecule has 0 fully saturated rings. The molecule has 0 N–H and O–H groups in total. The standard InChI is InChI=1S/C3H3NO.C2H6O/c4-2-1-3-5;1-3-2/h3H,1H2;1-2H3. The average Bonchev–Trinajstić information content (AvgIpc) is 1.71. The second-order valence-corrected chi connectivity index (χ2v) is 0.937. The van der Waals surface area contributed by atoms with Gasteiger partial charge in [0, 0.05) is 14.2 Å². The Hall–Kier alpha value is -0.880. The third-order valence-electron chi connectivity index (χ3n) is 0.175. The first-order valence-corrected chi connectivity index (χ1v) is 2.04. The van der Waals surface area contributed by atoms with Crippen molar-refractivity contribution in [3.05, 3.63) is 0 Å². The molecule has 0 aliphatic carbocycles. The number of aldehydes is 1. The number of ether oxygens (including phenoxy) is 1. The molecule has 0 aromatic heterocycles. The van der Waals surface area contributed by atoms with E-state index < -0.39 is 0 Å². The van der Waals surface area contributed by atoms with E-state index in [1.807, 2.05) is 0 Å². The smallest absolute Gasteiger partial charge is 0.134 e. The summed E-state index contributed by atoms with van der Waals surface area (Å²) in [5.74, 6) is 0. The third-order valence-corrected chi connectivity index (χ3v) is 0.175. The topological polar surface area (TPSA) is 50.1 Å². The van der Waals surface area contributed by atoms with Crippen LogP contribution in [0.25, 0.3) is 0 Å². The van der Waals surface area contributed by atoms with Crippen LogP contribution in [0.2, 0.25) is 0 Å². The van der Waals surface area contributed by atoms with Crippen molar-refractivity contribution in [1.29, 1.82) is 5.26 Å². The Morgan fingerprint density at radius 3 is 2.12 bits per heavy atom. The van der Waals surface area contributed by atoms with Gasteiger partial charge in [-0.3, -0.25) is 0 Å². The van der Waals surface area contributed by atoms with Crippen LogP contribution in [0.1, 0.15) is 6.42 Å². The lowest BCUT2D eigenvalue weighted by Crippen LogP contribution is -1.60. The van der Waals surface area contributed by atoms with Gasteiger partial charge in [-0.15, -0.1) is 0 Å². The molecule has 0 rings (SSSR count). The number of rotatable bonds is 1. The van der Waals surface area contributed by atoms with E-state index >= 15 is 0 Å². The molecule has 0 atom stereocenters. The summed E-state index contributed by atoms with van der Waals surface area (Å²) >= 11 is 0. The van der Waals surface area contributed by atoms with Gasteiger partial charge in [0.15, 0.2) is 0 Å². The van der Waals surface area contributed by atoms with E-state index in [9.17, 15) is 4.79 Å². The van der Waals surface area contributed by atoms with Crippen LogP contribution < -0.4 is 0 Å². The van der Waals surface area contributed by atoms with E-state index in [0.717, 1.165) is 0 Å². The maximum atomic E-state index is 9.18. The molecule has 0 aromatic carbocycles. The zero-order valence-corrected chi connectivity index (χ0v) is 5.05. The Morgan fingerprint density at radius 1 is 1.75 bits per heavy atom. The van der Waals surface area contributed by atoms with E-state index in [-0.39, 0.29) is 6.42 Å². The summed E-state index contributed by atoms with van der Waals surface area (Å²) in [6.45, 7) is 0. The number of hydrogen-bond donors (Lipinski definition) is 0. The molecule has 0 aromatic rings. The molecule has 8 heavy (non-hydrogen) atoms. The zero-order chi connectivity index (χ0) is 6.83. The molecule has 0 bridgehead atoms. The lowest BCUT2D eigenvalue weighted by Gasteiger charge is -1.61. The van der Waals surface area contributed by atoms with E-state index in [0.29, 0.717) is 6.29 Å². The molecule has 0 aliphatic heterocycles. The Kier molecular flexibility index (Phi) is 21.0. The number of nitrogens with zero attached hydrogens (tertiary/aromatic N) is 1. The minimum Gasteiger partial charge on any atom is -0.388 e. The molecule has 0 heterocycles. The molecule has 0 radical (unpaired) electrons. The van der Waals surface area contributed by atoms with Crippen molar-refractivity contribution in [2.75, 3.05) is 14.2 Å². The van der Waals surface area contributed by atoms with Crippen molar-refractivity contribution in [2.24, 2.45) is 0 Å². The SMILES string of the molecule is COC.N#CCC=O. The monoisotopic (exact) mass is 115 g/mol. The lowest BCUT2D eigenvalue weighted by molar-refractivity contribution is -0.107. The highest BCUT2D eigenvalue weighted by atomic mass is 16.4. The number of nitriles is 1. The molecule has 0 amide bonds. The molecular weight excluding hydrogens is 106 g/mol. The van der Waals surface area contributed by atoms with Gasteiger partial charge in [-0.25, -0.2) is 0 Å². The lowest BCUT2D eigenvalue weighted by atomic mass is 10.5. The van der Waals surface area contributed by atoms with Crippen LogP contribution in [0.3, 0.4) is 0 Å². The number of carbonyl (C=O) groups excluding carboxylic acids is 1. The first kappa shape index (κ1) is 10.2. The first-order valence-electron chi connectivity index (χ1n) is 2.04. The summed E-state index contributed by atoms with van der Waals surface area (Å²) in [6.07, 6.45) is 0.583. The third kappa shape index (κ3) is 69.3. The summed E-state index contributed by atoms with van der Waals surface area (Å²) in [5, 5.41) is 7.58. The van der Waals surface area contributed by atoms with Gasteiger partial charge in [0.25, 0.3) is 0 Å². The second-order valence-electron chi connectivity index (χ2n) is 0.937. The van der Waals surface area contributed by atoms with Crippen molar-refractivity contribution in [1.82, 2.24) is 0 Å². The molecule has 46 valence electrons.